The van der Waals surface area contributed by atoms with E-state index in [1.165, 1.54) is 4.90 Å². The van der Waals surface area contributed by atoms with Crippen LogP contribution in [-0.2, 0) is 32.6 Å². The topological polar surface area (TPSA) is 96.0 Å². The normalized spacial score (nSPS) is 12.4. The van der Waals surface area contributed by atoms with E-state index in [-0.39, 0.29) is 18.7 Å². The van der Waals surface area contributed by atoms with Gasteiger partial charge in [-0.05, 0) is 57.5 Å². The maximum Gasteiger partial charge on any atom is 0.244 e. The van der Waals surface area contributed by atoms with Gasteiger partial charge < -0.3 is 15.0 Å². The molecule has 0 saturated heterocycles. The molecule has 42 heavy (non-hydrogen) atoms. The molecule has 0 aromatic heterocycles. The number of carbonyl (C=O) groups is 2. The van der Waals surface area contributed by atoms with E-state index in [0.29, 0.717) is 28.0 Å². The Balaban J connectivity index is 2.14. The van der Waals surface area contributed by atoms with Crippen LogP contribution in [0.4, 0.5) is 5.69 Å². The van der Waals surface area contributed by atoms with Crippen molar-refractivity contribution in [3.05, 3.63) is 94.0 Å². The van der Waals surface area contributed by atoms with Crippen molar-refractivity contribution in [3.63, 3.8) is 0 Å². The fourth-order valence-corrected chi connectivity index (χ4v) is 5.77. The smallest absolute Gasteiger partial charge is 0.244 e. The fourth-order valence-electron chi connectivity index (χ4n) is 4.40. The van der Waals surface area contributed by atoms with Crippen molar-refractivity contribution in [1.29, 1.82) is 0 Å². The Hall–Kier alpha value is -3.27. The molecule has 1 atom stereocenters. The summed E-state index contributed by atoms with van der Waals surface area (Å²) < 4.78 is 32.8. The van der Waals surface area contributed by atoms with Crippen LogP contribution in [-0.4, -0.2) is 56.1 Å². The summed E-state index contributed by atoms with van der Waals surface area (Å²) in [6.07, 6.45) is 1.19. The van der Waals surface area contributed by atoms with Gasteiger partial charge in [-0.1, -0.05) is 71.7 Å². The number of sulfonamides is 1. The molecule has 0 aliphatic rings. The van der Waals surface area contributed by atoms with Crippen LogP contribution in [0.5, 0.6) is 5.75 Å². The number of rotatable bonds is 12. The van der Waals surface area contributed by atoms with E-state index in [1.807, 2.05) is 51.1 Å². The molecule has 2 amide bonds. The molecule has 0 fully saturated rings. The van der Waals surface area contributed by atoms with Gasteiger partial charge in [0.05, 0.1) is 18.6 Å². The zero-order valence-corrected chi connectivity index (χ0v) is 26.8. The Labute approximate surface area is 258 Å². The van der Waals surface area contributed by atoms with E-state index in [4.69, 9.17) is 27.9 Å². The Bertz CT molecular complexity index is 1470. The number of halogens is 2. The zero-order chi connectivity index (χ0) is 31.1. The number of hydrogen-bond acceptors (Lipinski definition) is 5. The summed E-state index contributed by atoms with van der Waals surface area (Å²) in [4.78, 5) is 29.5. The summed E-state index contributed by atoms with van der Waals surface area (Å²) in [6, 6.07) is 19.8. The highest BCUT2D eigenvalue weighted by molar-refractivity contribution is 7.92. The standard InChI is InChI=1S/C31H37Cl2N3O5S/c1-6-41-28-18-11-10-17-26(28)36(42(5,39)40)21-29(37)35(20-23-24(32)15-12-16-25(23)33)27(30(38)34-31(2,3)4)19-22-13-8-7-9-14-22/h7-18,27H,6,19-21H2,1-5H3,(H,34,38)/t27-/m1/s1. The molecule has 0 saturated carbocycles. The number of anilines is 1. The first kappa shape index (κ1) is 33.2. The lowest BCUT2D eigenvalue weighted by molar-refractivity contribution is -0.140. The van der Waals surface area contributed by atoms with Gasteiger partial charge in [0.2, 0.25) is 21.8 Å². The van der Waals surface area contributed by atoms with Crippen molar-refractivity contribution in [2.45, 2.75) is 52.2 Å². The van der Waals surface area contributed by atoms with Gasteiger partial charge >= 0.3 is 0 Å². The van der Waals surface area contributed by atoms with Crippen LogP contribution in [0.1, 0.15) is 38.8 Å². The summed E-state index contributed by atoms with van der Waals surface area (Å²) in [5, 5.41) is 3.61. The molecule has 0 spiro atoms. The first-order valence-electron chi connectivity index (χ1n) is 13.5. The van der Waals surface area contributed by atoms with Gasteiger partial charge in [-0.15, -0.1) is 0 Å². The number of ether oxygens (including phenoxy) is 1. The minimum atomic E-state index is -3.96. The van der Waals surface area contributed by atoms with Crippen LogP contribution in [0.3, 0.4) is 0 Å². The highest BCUT2D eigenvalue weighted by atomic mass is 35.5. The van der Waals surface area contributed by atoms with Crippen LogP contribution < -0.4 is 14.4 Å². The summed E-state index contributed by atoms with van der Waals surface area (Å²) in [7, 11) is -3.96. The molecule has 0 unspecified atom stereocenters. The van der Waals surface area contributed by atoms with Crippen molar-refractivity contribution < 1.29 is 22.7 Å². The first-order valence-corrected chi connectivity index (χ1v) is 16.1. The molecule has 8 nitrogen and oxygen atoms in total. The molecular weight excluding hydrogens is 597 g/mol. The van der Waals surface area contributed by atoms with Gasteiger partial charge in [0.15, 0.2) is 0 Å². The quantitative estimate of drug-likeness (QED) is 0.275. The third-order valence-corrected chi connectivity index (χ3v) is 8.11. The molecule has 3 aromatic rings. The number of amides is 2. The number of benzene rings is 3. The molecule has 0 bridgehead atoms. The number of hydrogen-bond donors (Lipinski definition) is 1. The van der Waals surface area contributed by atoms with Gasteiger partial charge in [-0.25, -0.2) is 8.42 Å². The third-order valence-electron chi connectivity index (χ3n) is 6.27. The van der Waals surface area contributed by atoms with E-state index < -0.39 is 40.0 Å². The molecule has 226 valence electrons. The third kappa shape index (κ3) is 9.11. The van der Waals surface area contributed by atoms with Crippen molar-refractivity contribution in [2.24, 2.45) is 0 Å². The van der Waals surface area contributed by atoms with Crippen LogP contribution in [0, 0.1) is 0 Å². The Morgan fingerprint density at radius 1 is 0.929 bits per heavy atom. The van der Waals surface area contributed by atoms with Gasteiger partial charge in [-0.3, -0.25) is 13.9 Å². The molecule has 3 rings (SSSR count). The average molecular weight is 635 g/mol. The second-order valence-electron chi connectivity index (χ2n) is 10.8. The zero-order valence-electron chi connectivity index (χ0n) is 24.4. The summed E-state index contributed by atoms with van der Waals surface area (Å²) in [6.45, 7) is 6.90. The number of para-hydroxylation sites is 2. The maximum absolute atomic E-state index is 14.3. The van der Waals surface area contributed by atoms with E-state index in [1.54, 1.807) is 49.4 Å². The highest BCUT2D eigenvalue weighted by Crippen LogP contribution is 2.31. The number of nitrogens with zero attached hydrogens (tertiary/aromatic N) is 2. The summed E-state index contributed by atoms with van der Waals surface area (Å²) in [5.41, 5.74) is 0.871. The fraction of sp³-hybridized carbons (Fsp3) is 0.355. The summed E-state index contributed by atoms with van der Waals surface area (Å²) >= 11 is 13.0. The lowest BCUT2D eigenvalue weighted by Crippen LogP contribution is -2.56. The largest absolute Gasteiger partial charge is 0.492 e. The molecule has 0 radical (unpaired) electrons. The number of nitrogens with one attached hydrogen (secondary N) is 1. The van der Waals surface area contributed by atoms with Gasteiger partial charge in [-0.2, -0.15) is 0 Å². The second-order valence-corrected chi connectivity index (χ2v) is 13.6. The highest BCUT2D eigenvalue weighted by Gasteiger charge is 2.35. The van der Waals surface area contributed by atoms with E-state index in [9.17, 15) is 18.0 Å². The molecule has 0 aliphatic heterocycles. The minimum Gasteiger partial charge on any atom is -0.492 e. The second kappa shape index (κ2) is 14.3. The Morgan fingerprint density at radius 2 is 1.52 bits per heavy atom. The Morgan fingerprint density at radius 3 is 2.10 bits per heavy atom. The van der Waals surface area contributed by atoms with Crippen molar-refractivity contribution >= 4 is 50.7 Å². The van der Waals surface area contributed by atoms with Gasteiger partial charge in [0, 0.05) is 34.1 Å². The summed E-state index contributed by atoms with van der Waals surface area (Å²) in [5.74, 6) is -0.707. The maximum atomic E-state index is 14.3. The van der Waals surface area contributed by atoms with Crippen molar-refractivity contribution in [1.82, 2.24) is 10.2 Å². The first-order chi connectivity index (χ1) is 19.7. The number of carbonyl (C=O) groups excluding carboxylic acids is 2. The molecule has 1 N–H and O–H groups in total. The average Bonchev–Trinajstić information content (AvgIpc) is 2.90. The SMILES string of the molecule is CCOc1ccccc1N(CC(=O)N(Cc1c(Cl)cccc1Cl)[C@H](Cc1ccccc1)C(=O)NC(C)(C)C)S(C)(=O)=O. The lowest BCUT2D eigenvalue weighted by atomic mass is 10.0. The van der Waals surface area contributed by atoms with Crippen LogP contribution >= 0.6 is 23.2 Å². The van der Waals surface area contributed by atoms with E-state index in [2.05, 4.69) is 5.32 Å². The van der Waals surface area contributed by atoms with Gasteiger partial charge in [0.25, 0.3) is 0 Å². The lowest BCUT2D eigenvalue weighted by Gasteiger charge is -2.35. The van der Waals surface area contributed by atoms with Crippen molar-refractivity contribution in [3.8, 4) is 5.75 Å². The molecule has 0 heterocycles. The predicted octanol–water partition coefficient (Wildman–Crippen LogP) is 5.71. The van der Waals surface area contributed by atoms with E-state index >= 15 is 0 Å². The molecule has 11 heteroatoms. The molecule has 0 aliphatic carbocycles. The van der Waals surface area contributed by atoms with Crippen LogP contribution in [0.15, 0.2) is 72.8 Å². The van der Waals surface area contributed by atoms with E-state index in [0.717, 1.165) is 16.1 Å². The minimum absolute atomic E-state index is 0.128. The monoisotopic (exact) mass is 633 g/mol. The van der Waals surface area contributed by atoms with Crippen LogP contribution in [0.2, 0.25) is 10.0 Å². The predicted molar refractivity (Wildman–Crippen MR) is 169 cm³/mol. The molecular formula is C31H37Cl2N3O5S. The van der Waals surface area contributed by atoms with Gasteiger partial charge in [0.1, 0.15) is 18.3 Å². The van der Waals surface area contributed by atoms with Crippen LogP contribution in [0.25, 0.3) is 0 Å². The molecule has 3 aromatic carbocycles. The Kier molecular flexibility index (Phi) is 11.3. The van der Waals surface area contributed by atoms with Crippen molar-refractivity contribution in [2.75, 3.05) is 23.7 Å².